The average Bonchev–Trinajstić information content (AvgIpc) is 3.10. The molecule has 23 heavy (non-hydrogen) atoms. The molecule has 5 nitrogen and oxygen atoms in total. The lowest BCUT2D eigenvalue weighted by atomic mass is 9.61. The van der Waals surface area contributed by atoms with Crippen LogP contribution in [0.15, 0.2) is 34.9 Å². The summed E-state index contributed by atoms with van der Waals surface area (Å²) in [6.07, 6.45) is 3.22. The number of rotatable bonds is 2. The first-order valence-electron chi connectivity index (χ1n) is 7.78. The van der Waals surface area contributed by atoms with E-state index in [0.717, 1.165) is 24.8 Å². The molecule has 1 atom stereocenters. The third-order valence-corrected chi connectivity index (χ3v) is 5.24. The van der Waals surface area contributed by atoms with Crippen LogP contribution in [0.2, 0.25) is 0 Å². The largest absolute Gasteiger partial charge is 0.491 e. The lowest BCUT2D eigenvalue weighted by Gasteiger charge is -2.43. The zero-order chi connectivity index (χ0) is 16.0. The summed E-state index contributed by atoms with van der Waals surface area (Å²) >= 11 is 0. The Morgan fingerprint density at radius 2 is 2.22 bits per heavy atom. The maximum Gasteiger partial charge on any atom is 0.292 e. The van der Waals surface area contributed by atoms with Gasteiger partial charge in [0.15, 0.2) is 0 Å². The summed E-state index contributed by atoms with van der Waals surface area (Å²) in [5, 5.41) is 12.6. The monoisotopic (exact) mass is 316 g/mol. The molecule has 1 N–H and O–H groups in total. The molecule has 1 aliphatic heterocycles. The second kappa shape index (κ2) is 5.08. The van der Waals surface area contributed by atoms with Crippen molar-refractivity contribution >= 4 is 5.91 Å². The molecule has 2 heterocycles. The Balaban J connectivity index is 1.62. The van der Waals surface area contributed by atoms with Gasteiger partial charge in [-0.05, 0) is 41.1 Å². The van der Waals surface area contributed by atoms with Gasteiger partial charge in [0.1, 0.15) is 5.82 Å². The molecule has 0 unspecified atom stereocenters. The van der Waals surface area contributed by atoms with Gasteiger partial charge in [-0.1, -0.05) is 18.6 Å². The Kier molecular flexibility index (Phi) is 3.14. The highest BCUT2D eigenvalue weighted by Crippen LogP contribution is 2.55. The van der Waals surface area contributed by atoms with Gasteiger partial charge in [-0.2, -0.15) is 0 Å². The minimum absolute atomic E-state index is 0.0333. The van der Waals surface area contributed by atoms with Gasteiger partial charge in [0.25, 0.3) is 11.8 Å². The number of likely N-dealkylation sites (tertiary alicyclic amines) is 1. The summed E-state index contributed by atoms with van der Waals surface area (Å²) in [7, 11) is 0. The van der Waals surface area contributed by atoms with E-state index in [1.165, 1.54) is 12.1 Å². The van der Waals surface area contributed by atoms with Crippen molar-refractivity contribution in [2.45, 2.75) is 25.2 Å². The van der Waals surface area contributed by atoms with E-state index in [1.807, 2.05) is 6.07 Å². The number of aromatic hydroxyl groups is 1. The van der Waals surface area contributed by atoms with Crippen molar-refractivity contribution in [3.05, 3.63) is 47.5 Å². The zero-order valence-electron chi connectivity index (χ0n) is 12.5. The van der Waals surface area contributed by atoms with Crippen LogP contribution in [0.1, 0.15) is 41.3 Å². The fourth-order valence-corrected chi connectivity index (χ4v) is 3.97. The Labute approximate surface area is 132 Å². The second-order valence-electron chi connectivity index (χ2n) is 6.56. The minimum Gasteiger partial charge on any atom is -0.491 e. The van der Waals surface area contributed by atoms with Crippen LogP contribution in [0, 0.1) is 11.2 Å². The molecule has 2 fully saturated rings. The molecule has 1 aliphatic carbocycles. The van der Waals surface area contributed by atoms with E-state index >= 15 is 0 Å². The van der Waals surface area contributed by atoms with Crippen LogP contribution < -0.4 is 0 Å². The van der Waals surface area contributed by atoms with E-state index in [9.17, 15) is 14.3 Å². The van der Waals surface area contributed by atoms with Gasteiger partial charge in [0, 0.05) is 19.0 Å². The number of hydrogen-bond acceptors (Lipinski definition) is 4. The van der Waals surface area contributed by atoms with E-state index in [0.29, 0.717) is 13.1 Å². The molecule has 1 saturated heterocycles. The highest BCUT2D eigenvalue weighted by molar-refractivity contribution is 5.92. The Bertz CT molecular complexity index is 754. The van der Waals surface area contributed by atoms with E-state index in [2.05, 4.69) is 5.16 Å². The Morgan fingerprint density at radius 1 is 1.39 bits per heavy atom. The van der Waals surface area contributed by atoms with Crippen molar-refractivity contribution in [1.29, 1.82) is 0 Å². The summed E-state index contributed by atoms with van der Waals surface area (Å²) in [5.41, 5.74) is 0.978. The Hall–Kier alpha value is -2.37. The maximum atomic E-state index is 13.6. The normalized spacial score (nSPS) is 22.3. The molecule has 6 heteroatoms. The SMILES string of the molecule is O=C(c1cc(O)no1)N1C[C@@H](c2cccc(F)c2)C2(CCC2)C1. The summed E-state index contributed by atoms with van der Waals surface area (Å²) < 4.78 is 18.5. The van der Waals surface area contributed by atoms with Crippen molar-refractivity contribution in [2.75, 3.05) is 13.1 Å². The first kappa shape index (κ1) is 14.2. The molecule has 2 aliphatic rings. The number of amides is 1. The molecular weight excluding hydrogens is 299 g/mol. The van der Waals surface area contributed by atoms with E-state index in [4.69, 9.17) is 4.52 Å². The van der Waals surface area contributed by atoms with E-state index in [1.54, 1.807) is 17.0 Å². The fourth-order valence-electron chi connectivity index (χ4n) is 3.97. The first-order valence-corrected chi connectivity index (χ1v) is 7.78. The smallest absolute Gasteiger partial charge is 0.292 e. The average molecular weight is 316 g/mol. The third kappa shape index (κ3) is 2.29. The van der Waals surface area contributed by atoms with Crippen molar-refractivity contribution in [3.8, 4) is 5.88 Å². The molecule has 0 radical (unpaired) electrons. The maximum absolute atomic E-state index is 13.6. The van der Waals surface area contributed by atoms with Gasteiger partial charge in [0.2, 0.25) is 5.76 Å². The van der Waals surface area contributed by atoms with Crippen LogP contribution in [0.4, 0.5) is 4.39 Å². The number of carbonyl (C=O) groups excluding carboxylic acids is 1. The van der Waals surface area contributed by atoms with Gasteiger partial charge in [-0.15, -0.1) is 0 Å². The minimum atomic E-state index is -0.299. The number of carbonyl (C=O) groups is 1. The first-order chi connectivity index (χ1) is 11.1. The standard InChI is InChI=1S/C17H17FN2O3/c18-12-4-1-3-11(7-12)13-9-20(10-17(13)5-2-6-17)16(22)14-8-15(21)19-23-14/h1,3-4,7-8,13H,2,5-6,9-10H2,(H,19,21)/t13-/m0/s1. The highest BCUT2D eigenvalue weighted by atomic mass is 19.1. The summed E-state index contributed by atoms with van der Waals surface area (Å²) in [5.74, 6) is -0.651. The van der Waals surface area contributed by atoms with Gasteiger partial charge >= 0.3 is 0 Å². The lowest BCUT2D eigenvalue weighted by Crippen LogP contribution is -2.37. The lowest BCUT2D eigenvalue weighted by molar-refractivity contribution is 0.0686. The Morgan fingerprint density at radius 3 is 2.83 bits per heavy atom. The van der Waals surface area contributed by atoms with Gasteiger partial charge in [-0.3, -0.25) is 4.79 Å². The molecule has 1 spiro atoms. The van der Waals surface area contributed by atoms with Crippen LogP contribution in [0.25, 0.3) is 0 Å². The van der Waals surface area contributed by atoms with Gasteiger partial charge in [-0.25, -0.2) is 4.39 Å². The van der Waals surface area contributed by atoms with Crippen LogP contribution in [-0.4, -0.2) is 34.2 Å². The molecule has 1 aromatic carbocycles. The zero-order valence-corrected chi connectivity index (χ0v) is 12.5. The van der Waals surface area contributed by atoms with Crippen LogP contribution in [0.5, 0.6) is 5.88 Å². The molecule has 1 aromatic heterocycles. The predicted octanol–water partition coefficient (Wildman–Crippen LogP) is 2.93. The molecule has 1 amide bonds. The number of nitrogens with zero attached hydrogens (tertiary/aromatic N) is 2. The number of hydrogen-bond donors (Lipinski definition) is 1. The van der Waals surface area contributed by atoms with Crippen LogP contribution in [0.3, 0.4) is 0 Å². The highest BCUT2D eigenvalue weighted by Gasteiger charge is 2.52. The molecule has 1 saturated carbocycles. The molecular formula is C17H17FN2O3. The molecule has 0 bridgehead atoms. The van der Waals surface area contributed by atoms with Crippen LogP contribution >= 0.6 is 0 Å². The van der Waals surface area contributed by atoms with E-state index in [-0.39, 0.29) is 34.7 Å². The quantitative estimate of drug-likeness (QED) is 0.925. The summed E-state index contributed by atoms with van der Waals surface area (Å²) in [4.78, 5) is 14.3. The van der Waals surface area contributed by atoms with Crippen molar-refractivity contribution in [1.82, 2.24) is 10.1 Å². The summed E-state index contributed by atoms with van der Waals surface area (Å²) in [6.45, 7) is 1.16. The predicted molar refractivity (Wildman–Crippen MR) is 79.5 cm³/mol. The summed E-state index contributed by atoms with van der Waals surface area (Å²) in [6, 6.07) is 7.88. The number of benzene rings is 1. The van der Waals surface area contributed by atoms with Gasteiger partial charge in [0.05, 0.1) is 6.07 Å². The number of aromatic nitrogens is 1. The third-order valence-electron chi connectivity index (χ3n) is 5.24. The molecule has 2 aromatic rings. The van der Waals surface area contributed by atoms with Gasteiger partial charge < -0.3 is 14.5 Å². The van der Waals surface area contributed by atoms with Crippen molar-refractivity contribution in [3.63, 3.8) is 0 Å². The van der Waals surface area contributed by atoms with Crippen molar-refractivity contribution in [2.24, 2.45) is 5.41 Å². The van der Waals surface area contributed by atoms with E-state index < -0.39 is 0 Å². The van der Waals surface area contributed by atoms with Crippen LogP contribution in [-0.2, 0) is 0 Å². The van der Waals surface area contributed by atoms with Crippen molar-refractivity contribution < 1.29 is 18.8 Å². The second-order valence-corrected chi connectivity index (χ2v) is 6.56. The molecule has 4 rings (SSSR count). The fraction of sp³-hybridized carbons (Fsp3) is 0.412. The number of halogens is 1. The topological polar surface area (TPSA) is 66.6 Å². The molecule has 120 valence electrons.